The van der Waals surface area contributed by atoms with Crippen LogP contribution in [-0.4, -0.2) is 67.2 Å². The lowest BCUT2D eigenvalue weighted by atomic mass is 10.1. The summed E-state index contributed by atoms with van der Waals surface area (Å²) in [6.45, 7) is 4.29. The molecule has 0 aliphatic carbocycles. The minimum absolute atomic E-state index is 0.120. The molecule has 0 aliphatic heterocycles. The third-order valence-corrected chi connectivity index (χ3v) is 5.46. The Morgan fingerprint density at radius 3 is 2.43 bits per heavy atom. The van der Waals surface area contributed by atoms with Gasteiger partial charge in [-0.1, -0.05) is 24.3 Å². The average Bonchev–Trinajstić information content (AvgIpc) is 2.83. The number of urea groups is 2. The molecule has 0 heterocycles. The molecule has 2 aromatic carbocycles. The molecule has 37 heavy (non-hydrogen) atoms. The van der Waals surface area contributed by atoms with Crippen molar-refractivity contribution in [3.63, 3.8) is 0 Å². The van der Waals surface area contributed by atoms with Gasteiger partial charge in [0.2, 0.25) is 5.91 Å². The van der Waals surface area contributed by atoms with Gasteiger partial charge in [-0.05, 0) is 49.6 Å². The molecule has 0 radical (unpaired) electrons. The van der Waals surface area contributed by atoms with Crippen LogP contribution in [0.15, 0.2) is 42.5 Å². The van der Waals surface area contributed by atoms with Crippen molar-refractivity contribution in [1.29, 1.82) is 0 Å². The van der Waals surface area contributed by atoms with E-state index in [1.54, 1.807) is 32.2 Å². The van der Waals surface area contributed by atoms with Crippen molar-refractivity contribution in [3.05, 3.63) is 53.6 Å². The summed E-state index contributed by atoms with van der Waals surface area (Å²) < 4.78 is 5.39. The number of carbonyl (C=O) groups excluding carboxylic acids is 3. The number of hydrogen-bond acceptors (Lipinski definition) is 5. The second-order valence-electron chi connectivity index (χ2n) is 8.68. The van der Waals surface area contributed by atoms with E-state index in [4.69, 9.17) is 9.84 Å². The smallest absolute Gasteiger partial charge is 0.323 e. The first-order valence-corrected chi connectivity index (χ1v) is 11.9. The molecule has 0 spiro atoms. The number of ether oxygens (including phenoxy) is 1. The van der Waals surface area contributed by atoms with Gasteiger partial charge in [0, 0.05) is 31.9 Å². The number of rotatable bonds is 12. The van der Waals surface area contributed by atoms with E-state index in [0.29, 0.717) is 42.2 Å². The third-order valence-electron chi connectivity index (χ3n) is 5.46. The molecule has 0 fully saturated rings. The Labute approximate surface area is 216 Å². The number of aliphatic carboxylic acids is 1. The topological polar surface area (TPSA) is 149 Å². The highest BCUT2D eigenvalue weighted by Crippen LogP contribution is 2.26. The molecule has 0 aliphatic rings. The van der Waals surface area contributed by atoms with Gasteiger partial charge in [-0.15, -0.1) is 0 Å². The van der Waals surface area contributed by atoms with E-state index in [1.165, 1.54) is 12.0 Å². The van der Waals surface area contributed by atoms with Gasteiger partial charge in [-0.3, -0.25) is 9.59 Å². The summed E-state index contributed by atoms with van der Waals surface area (Å²) >= 11 is 0. The zero-order valence-electron chi connectivity index (χ0n) is 21.6. The van der Waals surface area contributed by atoms with Crippen LogP contribution in [0, 0.1) is 6.92 Å². The molecule has 2 aromatic rings. The first-order valence-electron chi connectivity index (χ1n) is 11.9. The second kappa shape index (κ2) is 14.3. The van der Waals surface area contributed by atoms with Crippen LogP contribution in [0.1, 0.15) is 30.9 Å². The maximum absolute atomic E-state index is 12.4. The first-order chi connectivity index (χ1) is 17.6. The molecule has 11 nitrogen and oxygen atoms in total. The van der Waals surface area contributed by atoms with Gasteiger partial charge < -0.3 is 36.0 Å². The van der Waals surface area contributed by atoms with Crippen molar-refractivity contribution in [1.82, 2.24) is 15.5 Å². The van der Waals surface area contributed by atoms with Crippen LogP contribution in [0.5, 0.6) is 5.75 Å². The Morgan fingerprint density at radius 2 is 1.76 bits per heavy atom. The van der Waals surface area contributed by atoms with Crippen LogP contribution in [0.25, 0.3) is 0 Å². The molecule has 200 valence electrons. The number of methoxy groups -OCH3 is 1. The van der Waals surface area contributed by atoms with Crippen LogP contribution < -0.4 is 26.0 Å². The monoisotopic (exact) mass is 513 g/mol. The Kier molecular flexibility index (Phi) is 11.2. The van der Waals surface area contributed by atoms with Crippen molar-refractivity contribution < 1.29 is 29.0 Å². The minimum atomic E-state index is -0.981. The summed E-state index contributed by atoms with van der Waals surface area (Å²) in [5.74, 6) is -0.748. The fraction of sp³-hybridized carbons (Fsp3) is 0.385. The van der Waals surface area contributed by atoms with Gasteiger partial charge in [-0.25, -0.2) is 9.59 Å². The number of para-hydroxylation sites is 1. The highest BCUT2D eigenvalue weighted by molar-refractivity contribution is 6.01. The maximum Gasteiger partial charge on any atom is 0.323 e. The van der Waals surface area contributed by atoms with Crippen LogP contribution in [0.3, 0.4) is 0 Å². The van der Waals surface area contributed by atoms with Crippen molar-refractivity contribution in [2.24, 2.45) is 0 Å². The van der Waals surface area contributed by atoms with Gasteiger partial charge in [0.15, 0.2) is 0 Å². The van der Waals surface area contributed by atoms with Crippen molar-refractivity contribution >= 4 is 35.3 Å². The fourth-order valence-corrected chi connectivity index (χ4v) is 3.47. The van der Waals surface area contributed by atoms with E-state index < -0.39 is 18.0 Å². The van der Waals surface area contributed by atoms with E-state index >= 15 is 0 Å². The zero-order chi connectivity index (χ0) is 27.4. The molecule has 5 N–H and O–H groups in total. The second-order valence-corrected chi connectivity index (χ2v) is 8.68. The Hall–Kier alpha value is -4.28. The zero-order valence-corrected chi connectivity index (χ0v) is 21.6. The van der Waals surface area contributed by atoms with Gasteiger partial charge in [0.05, 0.1) is 25.6 Å². The third kappa shape index (κ3) is 10.1. The molecule has 0 bridgehead atoms. The van der Waals surface area contributed by atoms with E-state index in [0.717, 1.165) is 5.56 Å². The number of carboxylic acids is 1. The van der Waals surface area contributed by atoms with Crippen LogP contribution in [0.4, 0.5) is 21.0 Å². The largest absolute Gasteiger partial charge is 0.495 e. The Bertz CT molecular complexity index is 1110. The standard InChI is InChI=1S/C26H35N5O6/c1-17-8-5-6-9-20(17)29-25(35)30-21-11-10-19(15-22(21)37-4)16-23(32)27-12-7-13-31(3)26(36)28-18(2)14-24(33)34/h5-6,8-11,15,18H,7,12-14,16H2,1-4H3,(H,27,32)(H,28,36)(H,33,34)(H2,29,30,35)/t18-/m1/s1. The quantitative estimate of drug-likeness (QED) is 0.275. The molecule has 0 unspecified atom stereocenters. The molecule has 5 amide bonds. The normalized spacial score (nSPS) is 11.1. The van der Waals surface area contributed by atoms with Gasteiger partial charge in [0.1, 0.15) is 5.75 Å². The van der Waals surface area contributed by atoms with E-state index in [2.05, 4.69) is 21.3 Å². The predicted molar refractivity (Wildman–Crippen MR) is 141 cm³/mol. The molecule has 1 atom stereocenters. The van der Waals surface area contributed by atoms with E-state index in [9.17, 15) is 19.2 Å². The van der Waals surface area contributed by atoms with Crippen LogP contribution in [-0.2, 0) is 16.0 Å². The predicted octanol–water partition coefficient (Wildman–Crippen LogP) is 3.20. The first kappa shape index (κ1) is 29.0. The summed E-state index contributed by atoms with van der Waals surface area (Å²) in [5.41, 5.74) is 2.82. The van der Waals surface area contributed by atoms with Gasteiger partial charge in [0.25, 0.3) is 0 Å². The van der Waals surface area contributed by atoms with Gasteiger partial charge in [-0.2, -0.15) is 0 Å². The number of aryl methyl sites for hydroxylation is 1. The summed E-state index contributed by atoms with van der Waals surface area (Å²) in [4.78, 5) is 49.0. The lowest BCUT2D eigenvalue weighted by molar-refractivity contribution is -0.137. The average molecular weight is 514 g/mol. The van der Waals surface area contributed by atoms with Crippen LogP contribution >= 0.6 is 0 Å². The summed E-state index contributed by atoms with van der Waals surface area (Å²) in [5, 5.41) is 19.7. The van der Waals surface area contributed by atoms with E-state index in [1.807, 2.05) is 31.2 Å². The number of nitrogens with zero attached hydrogens (tertiary/aromatic N) is 1. The van der Waals surface area contributed by atoms with Crippen molar-refractivity contribution in [2.75, 3.05) is 37.9 Å². The highest BCUT2D eigenvalue weighted by atomic mass is 16.5. The molecule has 0 saturated heterocycles. The molecule has 0 saturated carbocycles. The minimum Gasteiger partial charge on any atom is -0.495 e. The summed E-state index contributed by atoms with van der Waals surface area (Å²) in [6.07, 6.45) is 0.498. The van der Waals surface area contributed by atoms with E-state index in [-0.39, 0.29) is 24.8 Å². The molecule has 2 rings (SSSR count). The molecule has 0 aromatic heterocycles. The maximum atomic E-state index is 12.4. The number of amides is 5. The number of nitrogens with one attached hydrogen (secondary N) is 4. The number of benzene rings is 2. The lowest BCUT2D eigenvalue weighted by Gasteiger charge is -2.20. The molecular weight excluding hydrogens is 478 g/mol. The SMILES string of the molecule is COc1cc(CC(=O)NCCCN(C)C(=O)N[C@H](C)CC(=O)O)ccc1NC(=O)Nc1ccccc1C. The highest BCUT2D eigenvalue weighted by Gasteiger charge is 2.15. The molecule has 11 heteroatoms. The Morgan fingerprint density at radius 1 is 1.05 bits per heavy atom. The number of carboxylic acid groups (broad SMARTS) is 1. The molecular formula is C26H35N5O6. The van der Waals surface area contributed by atoms with Gasteiger partial charge >= 0.3 is 18.0 Å². The summed E-state index contributed by atoms with van der Waals surface area (Å²) in [7, 11) is 3.09. The van der Waals surface area contributed by atoms with Crippen LogP contribution in [0.2, 0.25) is 0 Å². The number of carbonyl (C=O) groups is 4. The summed E-state index contributed by atoms with van der Waals surface area (Å²) in [6, 6.07) is 11.3. The Balaban J connectivity index is 1.79. The lowest BCUT2D eigenvalue weighted by Crippen LogP contribution is -2.43. The van der Waals surface area contributed by atoms with Crippen molar-refractivity contribution in [2.45, 2.75) is 39.2 Å². The fourth-order valence-electron chi connectivity index (χ4n) is 3.47. The van der Waals surface area contributed by atoms with Crippen molar-refractivity contribution in [3.8, 4) is 5.75 Å². The number of hydrogen-bond donors (Lipinski definition) is 5. The number of anilines is 2.